The molecule has 0 aliphatic rings. The minimum absolute atomic E-state index is 0.177. The maximum absolute atomic E-state index is 13.9. The van der Waals surface area contributed by atoms with Crippen molar-refractivity contribution in [3.63, 3.8) is 0 Å². The van der Waals surface area contributed by atoms with Crippen LogP contribution in [-0.4, -0.2) is 62.9 Å². The number of hydrogen-bond donors (Lipinski definition) is 3. The lowest BCUT2D eigenvalue weighted by Gasteiger charge is -2.35. The van der Waals surface area contributed by atoms with E-state index in [2.05, 4.69) is 10.3 Å². The Labute approximate surface area is 257 Å². The summed E-state index contributed by atoms with van der Waals surface area (Å²) in [5.41, 5.74) is 6.51. The summed E-state index contributed by atoms with van der Waals surface area (Å²) < 4.78 is 11.8. The molecule has 0 fully saturated rings. The van der Waals surface area contributed by atoms with Gasteiger partial charge in [-0.25, -0.2) is 19.5 Å². The topological polar surface area (TPSA) is 144 Å². The van der Waals surface area contributed by atoms with Crippen molar-refractivity contribution in [2.24, 2.45) is 5.73 Å². The fourth-order valence-corrected chi connectivity index (χ4v) is 5.41. The number of aryl methyl sites for hydroxylation is 1. The number of aliphatic hydroxyl groups is 1. The molecule has 11 heteroatoms. The van der Waals surface area contributed by atoms with Crippen molar-refractivity contribution in [1.29, 1.82) is 0 Å². The number of nitrogens with two attached hydrogens (primary N) is 1. The Bertz CT molecular complexity index is 1330. The Kier molecular flexibility index (Phi) is 11.7. The molecule has 4 N–H and O–H groups in total. The molecule has 0 aliphatic heterocycles. The first-order valence-electron chi connectivity index (χ1n) is 14.5. The SMILES string of the molecule is CC(C)(C)OC(=O)NCCC[C@@H](N)C(=O)N(C(=O)OC(C)(C)C)[C@H](CCc1ccccc1)C(O)c1nc2ccccc2s1. The van der Waals surface area contributed by atoms with E-state index < -0.39 is 47.5 Å². The molecule has 3 atom stereocenters. The number of hydrogen-bond acceptors (Lipinski definition) is 9. The molecule has 234 valence electrons. The van der Waals surface area contributed by atoms with Crippen molar-refractivity contribution in [3.05, 3.63) is 65.2 Å². The average molecular weight is 613 g/mol. The van der Waals surface area contributed by atoms with Crippen LogP contribution < -0.4 is 11.1 Å². The minimum atomic E-state index is -1.28. The first-order valence-corrected chi connectivity index (χ1v) is 15.3. The fraction of sp³-hybridized carbons (Fsp3) is 0.500. The summed E-state index contributed by atoms with van der Waals surface area (Å²) in [5.74, 6) is -0.676. The zero-order valence-corrected chi connectivity index (χ0v) is 26.6. The Morgan fingerprint density at radius 2 is 1.58 bits per heavy atom. The third-order valence-corrected chi connectivity index (χ3v) is 7.44. The number of carbonyl (C=O) groups is 3. The molecule has 1 unspecified atom stereocenters. The van der Waals surface area contributed by atoms with Gasteiger partial charge < -0.3 is 25.6 Å². The van der Waals surface area contributed by atoms with E-state index in [4.69, 9.17) is 15.2 Å². The second-order valence-electron chi connectivity index (χ2n) is 12.4. The van der Waals surface area contributed by atoms with Gasteiger partial charge in [-0.1, -0.05) is 42.5 Å². The van der Waals surface area contributed by atoms with Crippen molar-refractivity contribution in [2.75, 3.05) is 6.54 Å². The van der Waals surface area contributed by atoms with E-state index >= 15 is 0 Å². The van der Waals surface area contributed by atoms with Crippen LogP contribution >= 0.6 is 11.3 Å². The number of alkyl carbamates (subject to hydrolysis) is 1. The predicted molar refractivity (Wildman–Crippen MR) is 168 cm³/mol. The van der Waals surface area contributed by atoms with Crippen molar-refractivity contribution in [1.82, 2.24) is 15.2 Å². The highest BCUT2D eigenvalue weighted by Gasteiger charge is 2.40. The molecule has 2 aromatic carbocycles. The fourth-order valence-electron chi connectivity index (χ4n) is 4.40. The molecule has 3 rings (SSSR count). The number of nitrogens with one attached hydrogen (secondary N) is 1. The molecule has 1 heterocycles. The lowest BCUT2D eigenvalue weighted by molar-refractivity contribution is -0.137. The van der Waals surface area contributed by atoms with Gasteiger partial charge in [0.25, 0.3) is 0 Å². The van der Waals surface area contributed by atoms with E-state index in [1.54, 1.807) is 41.5 Å². The molecule has 10 nitrogen and oxygen atoms in total. The number of benzene rings is 2. The quantitative estimate of drug-likeness (QED) is 0.233. The number of aromatic nitrogens is 1. The van der Waals surface area contributed by atoms with Gasteiger partial charge in [0.1, 0.15) is 22.3 Å². The summed E-state index contributed by atoms with van der Waals surface area (Å²) in [7, 11) is 0. The monoisotopic (exact) mass is 612 g/mol. The highest BCUT2D eigenvalue weighted by atomic mass is 32.1. The molecule has 3 amide bonds. The number of para-hydroxylation sites is 1. The van der Waals surface area contributed by atoms with Crippen LogP contribution in [0.4, 0.5) is 9.59 Å². The van der Waals surface area contributed by atoms with E-state index in [0.29, 0.717) is 23.4 Å². The molecule has 1 aromatic heterocycles. The van der Waals surface area contributed by atoms with Gasteiger partial charge in [0.15, 0.2) is 0 Å². The number of ether oxygens (including phenoxy) is 2. The Hall–Kier alpha value is -3.54. The van der Waals surface area contributed by atoms with Crippen LogP contribution in [0.3, 0.4) is 0 Å². The lowest BCUT2D eigenvalue weighted by atomic mass is 9.98. The van der Waals surface area contributed by atoms with Gasteiger partial charge in [0, 0.05) is 6.54 Å². The van der Waals surface area contributed by atoms with Crippen LogP contribution in [0, 0.1) is 0 Å². The van der Waals surface area contributed by atoms with Gasteiger partial charge >= 0.3 is 12.2 Å². The highest BCUT2D eigenvalue weighted by molar-refractivity contribution is 7.18. The normalized spacial score (nSPS) is 14.0. The van der Waals surface area contributed by atoms with Gasteiger partial charge in [-0.15, -0.1) is 11.3 Å². The van der Waals surface area contributed by atoms with Gasteiger partial charge in [-0.05, 0) is 84.9 Å². The maximum Gasteiger partial charge on any atom is 0.417 e. The van der Waals surface area contributed by atoms with Crippen LogP contribution in [0.2, 0.25) is 0 Å². The van der Waals surface area contributed by atoms with Crippen LogP contribution in [0.1, 0.15) is 77.5 Å². The first-order chi connectivity index (χ1) is 20.1. The second kappa shape index (κ2) is 14.8. The molecule has 0 bridgehead atoms. The van der Waals surface area contributed by atoms with Crippen LogP contribution in [0.25, 0.3) is 10.2 Å². The lowest BCUT2D eigenvalue weighted by Crippen LogP contribution is -2.55. The largest absolute Gasteiger partial charge is 0.444 e. The number of fused-ring (bicyclic) bond motifs is 1. The van der Waals surface area contributed by atoms with Crippen molar-refractivity contribution >= 4 is 39.6 Å². The zero-order valence-electron chi connectivity index (χ0n) is 25.8. The Morgan fingerprint density at radius 3 is 2.21 bits per heavy atom. The number of rotatable bonds is 11. The van der Waals surface area contributed by atoms with Gasteiger partial charge in [0.05, 0.1) is 22.3 Å². The van der Waals surface area contributed by atoms with Crippen molar-refractivity contribution < 1.29 is 29.0 Å². The van der Waals surface area contributed by atoms with E-state index in [9.17, 15) is 19.5 Å². The van der Waals surface area contributed by atoms with E-state index in [1.165, 1.54) is 11.3 Å². The third-order valence-electron chi connectivity index (χ3n) is 6.34. The first kappa shape index (κ1) is 34.0. The maximum atomic E-state index is 13.9. The Morgan fingerprint density at radius 1 is 0.953 bits per heavy atom. The van der Waals surface area contributed by atoms with Gasteiger partial charge in [-0.2, -0.15) is 0 Å². The number of nitrogens with zero attached hydrogens (tertiary/aromatic N) is 2. The smallest absolute Gasteiger partial charge is 0.417 e. The summed E-state index contributed by atoms with van der Waals surface area (Å²) in [4.78, 5) is 45.1. The number of carbonyl (C=O) groups excluding carboxylic acids is 3. The minimum Gasteiger partial charge on any atom is -0.444 e. The van der Waals surface area contributed by atoms with Gasteiger partial charge in [-0.3, -0.25) is 4.79 Å². The number of amides is 3. The van der Waals surface area contributed by atoms with Crippen molar-refractivity contribution in [2.45, 2.75) is 96.6 Å². The Balaban J connectivity index is 1.87. The molecule has 0 saturated heterocycles. The molecule has 0 radical (unpaired) electrons. The molecule has 43 heavy (non-hydrogen) atoms. The summed E-state index contributed by atoms with van der Waals surface area (Å²) in [6, 6.07) is 15.0. The number of aliphatic hydroxyl groups excluding tert-OH is 1. The molecular weight excluding hydrogens is 568 g/mol. The zero-order chi connectivity index (χ0) is 31.8. The standard InChI is InChI=1S/C32H44N4O6S/c1-31(2,3)41-29(39)34-20-12-15-22(33)28(38)36(30(40)42-32(4,5)6)24(19-18-21-13-8-7-9-14-21)26(37)27-35-23-16-10-11-17-25(23)43-27/h7-11,13-14,16-17,22,24,26,37H,12,15,18-20,33H2,1-6H3,(H,34,39)/t22-,24-,26?/m1/s1. The van der Waals surface area contributed by atoms with E-state index in [0.717, 1.165) is 15.2 Å². The summed E-state index contributed by atoms with van der Waals surface area (Å²) in [5, 5.41) is 14.8. The van der Waals surface area contributed by atoms with E-state index in [1.807, 2.05) is 54.6 Å². The predicted octanol–water partition coefficient (Wildman–Crippen LogP) is 5.73. The number of imide groups is 1. The van der Waals surface area contributed by atoms with Gasteiger partial charge in [0.2, 0.25) is 5.91 Å². The summed E-state index contributed by atoms with van der Waals surface area (Å²) in [6.07, 6.45) is -1.46. The summed E-state index contributed by atoms with van der Waals surface area (Å²) >= 11 is 1.31. The van der Waals surface area contributed by atoms with Crippen LogP contribution in [0.5, 0.6) is 0 Å². The van der Waals surface area contributed by atoms with Crippen LogP contribution in [0.15, 0.2) is 54.6 Å². The molecule has 3 aromatic rings. The van der Waals surface area contributed by atoms with E-state index in [-0.39, 0.29) is 19.4 Å². The second-order valence-corrected chi connectivity index (χ2v) is 13.5. The van der Waals surface area contributed by atoms with Crippen LogP contribution in [-0.2, 0) is 20.7 Å². The average Bonchev–Trinajstić information content (AvgIpc) is 3.35. The molecular formula is C32H44N4O6S. The number of thiazole rings is 1. The highest BCUT2D eigenvalue weighted by Crippen LogP contribution is 2.32. The summed E-state index contributed by atoms with van der Waals surface area (Å²) in [6.45, 7) is 10.7. The third kappa shape index (κ3) is 10.6. The van der Waals surface area contributed by atoms with Crippen molar-refractivity contribution in [3.8, 4) is 0 Å². The molecule has 0 aliphatic carbocycles. The molecule has 0 saturated carbocycles. The molecule has 0 spiro atoms.